The molecule has 0 saturated heterocycles. The average Bonchev–Trinajstić information content (AvgIpc) is 2.45. The lowest BCUT2D eigenvalue weighted by atomic mass is 10.0. The zero-order valence-corrected chi connectivity index (χ0v) is 14.1. The van der Waals surface area contributed by atoms with E-state index in [0.717, 1.165) is 12.0 Å². The van der Waals surface area contributed by atoms with Crippen LogP contribution in [0.1, 0.15) is 37.8 Å². The van der Waals surface area contributed by atoms with Gasteiger partial charge in [-0.15, -0.1) is 0 Å². The second-order valence-corrected chi connectivity index (χ2v) is 6.33. The first-order valence-electron chi connectivity index (χ1n) is 7.83. The molecule has 1 aromatic carbocycles. The van der Waals surface area contributed by atoms with Gasteiger partial charge in [-0.2, -0.15) is 5.26 Å². The van der Waals surface area contributed by atoms with Crippen molar-refractivity contribution in [3.63, 3.8) is 0 Å². The second-order valence-electron chi connectivity index (χ2n) is 6.33. The molecule has 0 aliphatic rings. The van der Waals surface area contributed by atoms with E-state index in [-0.39, 0.29) is 5.91 Å². The number of nitriles is 1. The lowest BCUT2D eigenvalue weighted by molar-refractivity contribution is -0.121. The van der Waals surface area contributed by atoms with Crippen LogP contribution >= 0.6 is 0 Å². The first-order chi connectivity index (χ1) is 10.4. The Bertz CT molecular complexity index is 516. The summed E-state index contributed by atoms with van der Waals surface area (Å²) in [6, 6.07) is 10.4. The van der Waals surface area contributed by atoms with E-state index in [1.165, 1.54) is 18.4 Å². The molecule has 4 nitrogen and oxygen atoms in total. The normalized spacial score (nSPS) is 13.5. The maximum absolute atomic E-state index is 12.1. The van der Waals surface area contributed by atoms with Gasteiger partial charge in [0.25, 0.3) is 0 Å². The number of hydrogen-bond donors (Lipinski definition) is 1. The third-order valence-corrected chi connectivity index (χ3v) is 3.50. The van der Waals surface area contributed by atoms with Crippen LogP contribution in [0.2, 0.25) is 0 Å². The van der Waals surface area contributed by atoms with Crippen molar-refractivity contribution >= 4 is 5.91 Å². The Labute approximate surface area is 134 Å². The van der Waals surface area contributed by atoms with Crippen LogP contribution < -0.4 is 5.32 Å². The van der Waals surface area contributed by atoms with E-state index >= 15 is 0 Å². The van der Waals surface area contributed by atoms with Gasteiger partial charge in [-0.05, 0) is 45.0 Å². The molecule has 0 aliphatic heterocycles. The number of hydrogen-bond acceptors (Lipinski definition) is 3. The predicted molar refractivity (Wildman–Crippen MR) is 89.5 cm³/mol. The summed E-state index contributed by atoms with van der Waals surface area (Å²) >= 11 is 0. The van der Waals surface area contributed by atoms with Crippen LogP contribution in [0.5, 0.6) is 0 Å². The van der Waals surface area contributed by atoms with Crippen LogP contribution in [-0.2, 0) is 17.6 Å². The van der Waals surface area contributed by atoms with E-state index in [1.54, 1.807) is 6.92 Å². The summed E-state index contributed by atoms with van der Waals surface area (Å²) < 4.78 is 0. The molecule has 0 bridgehead atoms. The lowest BCUT2D eigenvalue weighted by Gasteiger charge is -2.26. The van der Waals surface area contributed by atoms with Gasteiger partial charge in [0.15, 0.2) is 0 Å². The smallest absolute Gasteiger partial charge is 0.225 e. The summed E-state index contributed by atoms with van der Waals surface area (Å²) in [5, 5.41) is 12.1. The molecule has 22 heavy (non-hydrogen) atoms. The van der Waals surface area contributed by atoms with Gasteiger partial charge in [-0.3, -0.25) is 4.79 Å². The van der Waals surface area contributed by atoms with Crippen molar-refractivity contribution in [3.8, 4) is 6.07 Å². The van der Waals surface area contributed by atoms with Crippen molar-refractivity contribution in [2.24, 2.45) is 0 Å². The second kappa shape index (κ2) is 8.55. The third kappa shape index (κ3) is 6.28. The van der Waals surface area contributed by atoms with Gasteiger partial charge in [0, 0.05) is 6.54 Å². The van der Waals surface area contributed by atoms with Crippen LogP contribution in [0.15, 0.2) is 24.3 Å². The van der Waals surface area contributed by atoms with Crippen molar-refractivity contribution in [2.75, 3.05) is 20.6 Å². The number of amides is 1. The zero-order chi connectivity index (χ0) is 16.6. The van der Waals surface area contributed by atoms with E-state index in [2.05, 4.69) is 30.4 Å². The molecule has 1 aromatic rings. The largest absolute Gasteiger partial charge is 0.337 e. The summed E-state index contributed by atoms with van der Waals surface area (Å²) in [5.74, 6) is -0.118. The van der Waals surface area contributed by atoms with Crippen LogP contribution in [0.4, 0.5) is 0 Å². The fourth-order valence-electron chi connectivity index (χ4n) is 2.48. The van der Waals surface area contributed by atoms with E-state index in [4.69, 9.17) is 0 Å². The summed E-state index contributed by atoms with van der Waals surface area (Å²) in [6.07, 6.45) is 3.75. The predicted octanol–water partition coefficient (Wildman–Crippen LogP) is 2.53. The minimum absolute atomic E-state index is 0.118. The van der Waals surface area contributed by atoms with Gasteiger partial charge < -0.3 is 10.2 Å². The van der Waals surface area contributed by atoms with E-state index in [1.807, 2.05) is 31.1 Å². The highest BCUT2D eigenvalue weighted by Gasteiger charge is 2.26. The first kappa shape index (κ1) is 18.2. The highest BCUT2D eigenvalue weighted by molar-refractivity contribution is 5.79. The fourth-order valence-corrected chi connectivity index (χ4v) is 2.48. The van der Waals surface area contributed by atoms with Crippen LogP contribution in [0.3, 0.4) is 0 Å². The van der Waals surface area contributed by atoms with Gasteiger partial charge >= 0.3 is 0 Å². The van der Waals surface area contributed by atoms with Crippen LogP contribution in [0, 0.1) is 11.3 Å². The molecule has 0 radical (unpaired) electrons. The van der Waals surface area contributed by atoms with E-state index in [9.17, 15) is 10.1 Å². The van der Waals surface area contributed by atoms with Gasteiger partial charge in [0.1, 0.15) is 5.54 Å². The van der Waals surface area contributed by atoms with Gasteiger partial charge in [-0.1, -0.05) is 37.6 Å². The number of likely N-dealkylation sites (N-methyl/N-ethyl adjacent to an activating group) is 1. The Kier molecular flexibility index (Phi) is 7.07. The monoisotopic (exact) mass is 301 g/mol. The molecule has 1 unspecified atom stereocenters. The molecule has 0 aliphatic carbocycles. The van der Waals surface area contributed by atoms with Gasteiger partial charge in [-0.25, -0.2) is 0 Å². The maximum atomic E-state index is 12.1. The molecule has 0 saturated carbocycles. The fraction of sp³-hybridized carbons (Fsp3) is 0.556. The number of carbonyl (C=O) groups is 1. The Morgan fingerprint density at radius 2 is 1.86 bits per heavy atom. The third-order valence-electron chi connectivity index (χ3n) is 3.50. The highest BCUT2D eigenvalue weighted by Crippen LogP contribution is 2.10. The zero-order valence-electron chi connectivity index (χ0n) is 14.1. The molecule has 0 aromatic heterocycles. The average molecular weight is 301 g/mol. The first-order valence-corrected chi connectivity index (χ1v) is 7.83. The Balaban J connectivity index is 2.59. The number of nitrogens with one attached hydrogen (secondary N) is 1. The SMILES string of the molecule is CCCCc1ccc(CC(=O)NC(C)(C#N)CN(C)C)cc1. The molecule has 0 heterocycles. The van der Waals surface area contributed by atoms with Crippen molar-refractivity contribution in [1.82, 2.24) is 10.2 Å². The number of aryl methyl sites for hydroxylation is 1. The van der Waals surface area contributed by atoms with Crippen molar-refractivity contribution in [3.05, 3.63) is 35.4 Å². The van der Waals surface area contributed by atoms with Crippen molar-refractivity contribution in [2.45, 2.75) is 45.1 Å². The Morgan fingerprint density at radius 1 is 1.27 bits per heavy atom. The molecule has 1 atom stereocenters. The number of carbonyl (C=O) groups excluding carboxylic acids is 1. The minimum Gasteiger partial charge on any atom is -0.337 e. The van der Waals surface area contributed by atoms with Crippen LogP contribution in [-0.4, -0.2) is 37.0 Å². The molecule has 1 N–H and O–H groups in total. The van der Waals surface area contributed by atoms with E-state index < -0.39 is 5.54 Å². The summed E-state index contributed by atoms with van der Waals surface area (Å²) in [6.45, 7) is 4.42. The molecule has 120 valence electrons. The number of benzene rings is 1. The topological polar surface area (TPSA) is 56.1 Å². The minimum atomic E-state index is -0.859. The number of unbranched alkanes of at least 4 members (excludes halogenated alkanes) is 1. The molecule has 1 amide bonds. The molecular formula is C18H27N3O. The standard InChI is InChI=1S/C18H27N3O/c1-5-6-7-15-8-10-16(11-9-15)12-17(22)20-18(2,13-19)14-21(3)4/h8-11H,5-7,12,14H2,1-4H3,(H,20,22). The maximum Gasteiger partial charge on any atom is 0.225 e. The molecule has 1 rings (SSSR count). The van der Waals surface area contributed by atoms with Crippen LogP contribution in [0.25, 0.3) is 0 Å². The Hall–Kier alpha value is -1.86. The molecule has 0 spiro atoms. The van der Waals surface area contributed by atoms with Gasteiger partial charge in [0.2, 0.25) is 5.91 Å². The van der Waals surface area contributed by atoms with Gasteiger partial charge in [0.05, 0.1) is 12.5 Å². The molecule has 0 fully saturated rings. The van der Waals surface area contributed by atoms with Crippen molar-refractivity contribution < 1.29 is 4.79 Å². The summed E-state index contributed by atoms with van der Waals surface area (Å²) in [7, 11) is 3.77. The molecular weight excluding hydrogens is 274 g/mol. The molecule has 4 heteroatoms. The van der Waals surface area contributed by atoms with Crippen molar-refractivity contribution in [1.29, 1.82) is 5.26 Å². The lowest BCUT2D eigenvalue weighted by Crippen LogP contribution is -2.51. The Morgan fingerprint density at radius 3 is 2.36 bits per heavy atom. The van der Waals surface area contributed by atoms with E-state index in [0.29, 0.717) is 13.0 Å². The summed E-state index contributed by atoms with van der Waals surface area (Å²) in [4.78, 5) is 14.0. The summed E-state index contributed by atoms with van der Waals surface area (Å²) in [5.41, 5.74) is 1.42. The number of rotatable bonds is 8. The highest BCUT2D eigenvalue weighted by atomic mass is 16.1. The quantitative estimate of drug-likeness (QED) is 0.803. The number of nitrogens with zero attached hydrogens (tertiary/aromatic N) is 2.